The molecule has 0 aromatic rings. The van der Waals surface area contributed by atoms with Gasteiger partial charge in [0.15, 0.2) is 0 Å². The van der Waals surface area contributed by atoms with Gasteiger partial charge < -0.3 is 17.4 Å². The van der Waals surface area contributed by atoms with Gasteiger partial charge >= 0.3 is 0 Å². The van der Waals surface area contributed by atoms with Gasteiger partial charge in [0, 0.05) is 12.5 Å². The minimum Gasteiger partial charge on any atom is -0.788 e. The molecule has 0 aliphatic rings. The molecule has 0 N–H and O–H groups in total. The highest BCUT2D eigenvalue weighted by Crippen LogP contribution is 2.03. The molecule has 16 heavy (non-hydrogen) atoms. The van der Waals surface area contributed by atoms with Crippen molar-refractivity contribution in [3.8, 4) is 0 Å². The second-order valence-electron chi connectivity index (χ2n) is 2.05. The summed E-state index contributed by atoms with van der Waals surface area (Å²) in [7, 11) is -7.49. The first kappa shape index (κ1) is 18.4. The summed E-state index contributed by atoms with van der Waals surface area (Å²) in [5.74, 6) is 0. The lowest BCUT2D eigenvalue weighted by molar-refractivity contribution is 0.535. The lowest BCUT2D eigenvalue weighted by Gasteiger charge is -2.25. The Morgan fingerprint density at radius 2 is 1.12 bits per heavy atom. The molecule has 0 saturated carbocycles. The number of nitrogens with zero attached hydrogens (tertiary/aromatic N) is 2. The van der Waals surface area contributed by atoms with Gasteiger partial charge in [-0.2, -0.15) is 22.5 Å². The van der Waals surface area contributed by atoms with E-state index in [1.54, 1.807) is 0 Å². The van der Waals surface area contributed by atoms with Crippen molar-refractivity contribution in [1.29, 1.82) is 0 Å². The molecule has 0 bridgehead atoms. The maximum Gasteiger partial charge on any atom is 0.0801 e. The fourth-order valence-electron chi connectivity index (χ4n) is 0.296. The molecular weight excluding hydrogens is 308 g/mol. The molecule has 0 radical (unpaired) electrons. The minimum absolute atomic E-state index is 0.716. The maximum atomic E-state index is 10.1. The summed E-state index contributed by atoms with van der Waals surface area (Å²) in [6.45, 7) is 0. The maximum absolute atomic E-state index is 10.1. The van der Waals surface area contributed by atoms with Gasteiger partial charge in [-0.1, -0.05) is 0 Å². The number of rotatable bonds is 4. The fraction of sp³-hybridized carbons (Fsp3) is 1.00. The van der Waals surface area contributed by atoms with E-state index in [-0.39, 0.29) is 0 Å². The van der Waals surface area contributed by atoms with Crippen molar-refractivity contribution >= 4 is 42.6 Å². The lowest BCUT2D eigenvalue weighted by Crippen LogP contribution is -2.01. The number of sulfonamides is 2. The van der Waals surface area contributed by atoms with E-state index in [0.717, 1.165) is 0 Å². The van der Waals surface area contributed by atoms with Crippen LogP contribution < -0.4 is 0 Å². The van der Waals surface area contributed by atoms with Crippen LogP contribution in [0, 0.1) is 0 Å². The van der Waals surface area contributed by atoms with Gasteiger partial charge in [0.2, 0.25) is 0 Å². The van der Waals surface area contributed by atoms with Crippen molar-refractivity contribution in [2.75, 3.05) is 12.5 Å². The summed E-state index contributed by atoms with van der Waals surface area (Å²) in [4.78, 5) is 0. The SMILES string of the molecule is CS(=O)(=O)[N-]S(C)(=O)=O.O=S([O-])[N-]S(=O)[O-]. The van der Waals surface area contributed by atoms with Gasteiger partial charge in [-0.05, 0) is 0 Å². The molecule has 0 aliphatic heterocycles. The molecule has 0 amide bonds. The van der Waals surface area contributed by atoms with Gasteiger partial charge in [0.05, 0.1) is 20.0 Å². The van der Waals surface area contributed by atoms with E-state index in [1.807, 2.05) is 0 Å². The Kier molecular flexibility index (Phi) is 8.49. The van der Waals surface area contributed by atoms with Gasteiger partial charge in [-0.3, -0.25) is 8.42 Å². The second kappa shape index (κ2) is 7.38. The molecule has 10 nitrogen and oxygen atoms in total. The van der Waals surface area contributed by atoms with E-state index in [2.05, 4.69) is 8.25 Å². The van der Waals surface area contributed by atoms with Crippen molar-refractivity contribution in [1.82, 2.24) is 0 Å². The van der Waals surface area contributed by atoms with Crippen LogP contribution in [-0.2, 0) is 42.6 Å². The van der Waals surface area contributed by atoms with E-state index >= 15 is 0 Å². The Bertz CT molecular complexity index is 406. The minimum atomic E-state index is -3.74. The smallest absolute Gasteiger partial charge is 0.0801 e. The zero-order valence-corrected chi connectivity index (χ0v) is 11.1. The Labute approximate surface area is 97.8 Å². The van der Waals surface area contributed by atoms with Crippen molar-refractivity contribution in [3.63, 3.8) is 0 Å². The average Bonchev–Trinajstić information content (AvgIpc) is 1.72. The van der Waals surface area contributed by atoms with Crippen LogP contribution in [0.15, 0.2) is 0 Å². The van der Waals surface area contributed by atoms with E-state index in [4.69, 9.17) is 0 Å². The molecule has 2 atom stereocenters. The average molecular weight is 314 g/mol. The Morgan fingerprint density at radius 1 is 0.875 bits per heavy atom. The largest absolute Gasteiger partial charge is 0.788 e. The highest BCUT2D eigenvalue weighted by Gasteiger charge is 1.92. The molecule has 0 rings (SSSR count). The third-order valence-corrected chi connectivity index (χ3v) is 3.53. The van der Waals surface area contributed by atoms with Crippen molar-refractivity contribution in [3.05, 3.63) is 8.25 Å². The Morgan fingerprint density at radius 3 is 1.12 bits per heavy atom. The van der Waals surface area contributed by atoms with E-state index in [9.17, 15) is 34.4 Å². The molecule has 0 spiro atoms. The van der Waals surface area contributed by atoms with Crippen LogP contribution in [0.25, 0.3) is 8.25 Å². The van der Waals surface area contributed by atoms with Crippen LogP contribution >= 0.6 is 0 Å². The van der Waals surface area contributed by atoms with Gasteiger partial charge in [-0.25, -0.2) is 16.8 Å². The zero-order valence-electron chi connectivity index (χ0n) is 7.79. The zero-order chi connectivity index (χ0) is 13.6. The molecule has 0 aromatic carbocycles. The standard InChI is InChI=1S/C2H6NO4S2.H2NO4S2/c1-8(4,5)3-9(2,6)7;2-6(3)1-7(4)5/h1-2H3;(H,2,3)(H,4,5)/q2*-1/p-2. The molecule has 2 unspecified atom stereocenters. The van der Waals surface area contributed by atoms with Crippen LogP contribution in [-0.4, -0.2) is 46.9 Å². The molecule has 14 heteroatoms. The van der Waals surface area contributed by atoms with Gasteiger partial charge in [0.25, 0.3) is 0 Å². The molecule has 0 fully saturated rings. The number of hydrogen-bond donors (Lipinski definition) is 0. The Hall–Kier alpha value is 0.0400. The predicted octanol–water partition coefficient (Wildman–Crippen LogP) is -1.77. The summed E-state index contributed by atoms with van der Waals surface area (Å²) >= 11 is -5.67. The quantitative estimate of drug-likeness (QED) is 0.547. The van der Waals surface area contributed by atoms with Crippen LogP contribution in [0.1, 0.15) is 0 Å². The van der Waals surface area contributed by atoms with Crippen LogP contribution in [0.5, 0.6) is 0 Å². The predicted molar refractivity (Wildman–Crippen MR) is 54.2 cm³/mol. The molecule has 100 valence electrons. The van der Waals surface area contributed by atoms with Gasteiger partial charge in [-0.15, -0.1) is 0 Å². The summed E-state index contributed by atoms with van der Waals surface area (Å²) in [5, 5.41) is 0. The molecule has 0 saturated heterocycles. The summed E-state index contributed by atoms with van der Waals surface area (Å²) < 4.78 is 82.0. The summed E-state index contributed by atoms with van der Waals surface area (Å²) in [5.41, 5.74) is 0. The third-order valence-electron chi connectivity index (χ3n) is 0.393. The Balaban J connectivity index is 0. The fourth-order valence-corrected chi connectivity index (χ4v) is 2.66. The first-order valence-corrected chi connectivity index (χ1v) is 8.64. The van der Waals surface area contributed by atoms with E-state index < -0.39 is 42.6 Å². The second-order valence-corrected chi connectivity index (χ2v) is 7.04. The lowest BCUT2D eigenvalue weighted by atomic mass is 12.0. The highest BCUT2D eigenvalue weighted by atomic mass is 32.3. The molecule has 0 aliphatic carbocycles. The summed E-state index contributed by atoms with van der Waals surface area (Å²) in [6, 6.07) is 0. The molecule has 0 aromatic heterocycles. The van der Waals surface area contributed by atoms with Crippen molar-refractivity contribution in [2.45, 2.75) is 0 Å². The first-order valence-electron chi connectivity index (χ1n) is 2.88. The molecular formula is C2H6N2O8S4-4. The van der Waals surface area contributed by atoms with Crippen molar-refractivity contribution < 1.29 is 34.4 Å². The van der Waals surface area contributed by atoms with Gasteiger partial charge in [0.1, 0.15) is 0 Å². The van der Waals surface area contributed by atoms with E-state index in [1.165, 1.54) is 0 Å². The normalized spacial score (nSPS) is 15.8. The van der Waals surface area contributed by atoms with Crippen LogP contribution in [0.4, 0.5) is 0 Å². The van der Waals surface area contributed by atoms with Crippen molar-refractivity contribution in [2.24, 2.45) is 0 Å². The highest BCUT2D eigenvalue weighted by molar-refractivity contribution is 8.11. The topological polar surface area (TPSA) is 177 Å². The third kappa shape index (κ3) is 23.7. The number of hydrogen-bond acceptors (Lipinski definition) is 8. The molecule has 0 heterocycles. The first-order chi connectivity index (χ1) is 6.83. The summed E-state index contributed by atoms with van der Waals surface area (Å²) in [6.07, 6.45) is 1.43. The van der Waals surface area contributed by atoms with Crippen LogP contribution in [0.2, 0.25) is 0 Å². The van der Waals surface area contributed by atoms with E-state index in [0.29, 0.717) is 12.5 Å². The van der Waals surface area contributed by atoms with Crippen LogP contribution in [0.3, 0.4) is 0 Å². The monoisotopic (exact) mass is 314 g/mol.